The highest BCUT2D eigenvalue weighted by Crippen LogP contribution is 1.81. The van der Waals surface area contributed by atoms with Crippen LogP contribution in [-0.2, 0) is 0 Å². The number of aliphatic hydroxyl groups is 1. The van der Waals surface area contributed by atoms with Crippen LogP contribution in [0, 0.1) is 11.8 Å². The molecule has 0 aliphatic carbocycles. The molecule has 62 valence electrons. The van der Waals surface area contributed by atoms with Crippen molar-refractivity contribution >= 4 is 0 Å². The molecule has 1 heterocycles. The van der Waals surface area contributed by atoms with Crippen LogP contribution < -0.4 is 5.56 Å². The molecule has 0 saturated heterocycles. The van der Waals surface area contributed by atoms with Crippen molar-refractivity contribution in [2.24, 2.45) is 0 Å². The van der Waals surface area contributed by atoms with Crippen LogP contribution in [0.5, 0.6) is 0 Å². The second-order valence-corrected chi connectivity index (χ2v) is 2.07. The van der Waals surface area contributed by atoms with Gasteiger partial charge in [0.1, 0.15) is 5.56 Å². The standard InChI is InChI=1S/C8H8N2O2/c11-4-2-1-3-7-5-9-6-10-8(7)12/h5-6,11H,2,4H2,(H,9,10,12). The van der Waals surface area contributed by atoms with E-state index in [1.165, 1.54) is 12.5 Å². The van der Waals surface area contributed by atoms with Crippen molar-refractivity contribution in [2.45, 2.75) is 6.42 Å². The number of aromatic nitrogens is 2. The predicted molar refractivity (Wildman–Crippen MR) is 43.4 cm³/mol. The van der Waals surface area contributed by atoms with Crippen LogP contribution in [-0.4, -0.2) is 21.7 Å². The van der Waals surface area contributed by atoms with Crippen LogP contribution in [0.2, 0.25) is 0 Å². The van der Waals surface area contributed by atoms with Crippen molar-refractivity contribution in [3.8, 4) is 11.8 Å². The zero-order valence-corrected chi connectivity index (χ0v) is 6.37. The summed E-state index contributed by atoms with van der Waals surface area (Å²) >= 11 is 0. The summed E-state index contributed by atoms with van der Waals surface area (Å²) in [6, 6.07) is 0. The molecule has 0 amide bonds. The van der Waals surface area contributed by atoms with Crippen molar-refractivity contribution in [1.82, 2.24) is 9.97 Å². The Hall–Kier alpha value is -1.60. The molecule has 0 aliphatic heterocycles. The van der Waals surface area contributed by atoms with Crippen molar-refractivity contribution in [3.63, 3.8) is 0 Å². The summed E-state index contributed by atoms with van der Waals surface area (Å²) in [5.41, 5.74) is 0.0707. The molecule has 0 fully saturated rings. The van der Waals surface area contributed by atoms with Gasteiger partial charge in [-0.1, -0.05) is 11.8 Å². The first-order valence-electron chi connectivity index (χ1n) is 3.47. The normalized spacial score (nSPS) is 8.75. The summed E-state index contributed by atoms with van der Waals surface area (Å²) in [5, 5.41) is 8.41. The first kappa shape index (κ1) is 8.50. The summed E-state index contributed by atoms with van der Waals surface area (Å²) in [5.74, 6) is 5.23. The van der Waals surface area contributed by atoms with Crippen LogP contribution in [0.25, 0.3) is 0 Å². The van der Waals surface area contributed by atoms with Crippen molar-refractivity contribution in [1.29, 1.82) is 0 Å². The average molecular weight is 164 g/mol. The SMILES string of the molecule is O=c1[nH]cncc1C#CCCO. The van der Waals surface area contributed by atoms with E-state index in [9.17, 15) is 4.79 Å². The molecule has 0 aromatic carbocycles. The molecule has 2 N–H and O–H groups in total. The molecule has 0 atom stereocenters. The van der Waals surface area contributed by atoms with Crippen molar-refractivity contribution in [2.75, 3.05) is 6.61 Å². The molecule has 12 heavy (non-hydrogen) atoms. The first-order valence-corrected chi connectivity index (χ1v) is 3.47. The Labute approximate surface area is 69.3 Å². The molecule has 1 rings (SSSR count). The van der Waals surface area contributed by atoms with Crippen LogP contribution in [0.4, 0.5) is 0 Å². The Bertz CT molecular complexity index is 359. The highest BCUT2D eigenvalue weighted by Gasteiger charge is 1.90. The molecule has 0 radical (unpaired) electrons. The second-order valence-electron chi connectivity index (χ2n) is 2.07. The summed E-state index contributed by atoms with van der Waals surface area (Å²) in [6.45, 7) is 0.00513. The summed E-state index contributed by atoms with van der Waals surface area (Å²) in [4.78, 5) is 17.1. The van der Waals surface area contributed by atoms with E-state index < -0.39 is 0 Å². The van der Waals surface area contributed by atoms with E-state index in [2.05, 4.69) is 21.8 Å². The van der Waals surface area contributed by atoms with Gasteiger partial charge in [-0.05, 0) is 0 Å². The minimum Gasteiger partial charge on any atom is -0.395 e. The zero-order chi connectivity index (χ0) is 8.81. The van der Waals surface area contributed by atoms with Crippen LogP contribution in [0.15, 0.2) is 17.3 Å². The van der Waals surface area contributed by atoms with Crippen LogP contribution >= 0.6 is 0 Å². The van der Waals surface area contributed by atoms with E-state index in [1.54, 1.807) is 0 Å². The van der Waals surface area contributed by atoms with Gasteiger partial charge in [-0.25, -0.2) is 4.98 Å². The largest absolute Gasteiger partial charge is 0.395 e. The molecule has 1 aromatic heterocycles. The van der Waals surface area contributed by atoms with Gasteiger partial charge in [0.2, 0.25) is 0 Å². The molecular formula is C8H8N2O2. The Balaban J connectivity index is 2.85. The summed E-state index contributed by atoms with van der Waals surface area (Å²) in [6.07, 6.45) is 3.07. The Morgan fingerprint density at radius 1 is 1.67 bits per heavy atom. The molecule has 0 unspecified atom stereocenters. The van der Waals surface area contributed by atoms with E-state index in [0.717, 1.165) is 0 Å². The number of rotatable bonds is 1. The smallest absolute Gasteiger partial charge is 0.266 e. The second kappa shape index (κ2) is 4.31. The van der Waals surface area contributed by atoms with Gasteiger partial charge in [0.15, 0.2) is 0 Å². The maximum absolute atomic E-state index is 11.0. The Morgan fingerprint density at radius 3 is 3.17 bits per heavy atom. The molecule has 4 heteroatoms. The van der Waals surface area contributed by atoms with Crippen LogP contribution in [0.3, 0.4) is 0 Å². The highest BCUT2D eigenvalue weighted by molar-refractivity contribution is 5.28. The topological polar surface area (TPSA) is 66.0 Å². The molecule has 0 aliphatic rings. The predicted octanol–water partition coefficient (Wildman–Crippen LogP) is -0.496. The number of aliphatic hydroxyl groups excluding tert-OH is 1. The van der Waals surface area contributed by atoms with Gasteiger partial charge in [0.05, 0.1) is 12.9 Å². The quantitative estimate of drug-likeness (QED) is 0.550. The van der Waals surface area contributed by atoms with Gasteiger partial charge in [-0.3, -0.25) is 4.79 Å². The third-order valence-electron chi connectivity index (χ3n) is 1.18. The Kier molecular flexibility index (Phi) is 3.05. The minimum absolute atomic E-state index is 0.00513. The lowest BCUT2D eigenvalue weighted by atomic mass is 10.3. The lowest BCUT2D eigenvalue weighted by molar-refractivity contribution is 0.305. The number of aromatic amines is 1. The van der Waals surface area contributed by atoms with E-state index in [1.807, 2.05) is 0 Å². The molecule has 1 aromatic rings. The van der Waals surface area contributed by atoms with Gasteiger partial charge in [0, 0.05) is 12.6 Å². The maximum Gasteiger partial charge on any atom is 0.266 e. The van der Waals surface area contributed by atoms with E-state index in [-0.39, 0.29) is 12.2 Å². The third kappa shape index (κ3) is 2.22. The van der Waals surface area contributed by atoms with E-state index in [0.29, 0.717) is 12.0 Å². The first-order chi connectivity index (χ1) is 5.84. The maximum atomic E-state index is 11.0. The average Bonchev–Trinajstić information content (AvgIpc) is 2.09. The fraction of sp³-hybridized carbons (Fsp3) is 0.250. The van der Waals surface area contributed by atoms with E-state index >= 15 is 0 Å². The number of H-pyrrole nitrogens is 1. The van der Waals surface area contributed by atoms with Crippen molar-refractivity contribution in [3.05, 3.63) is 28.4 Å². The lowest BCUT2D eigenvalue weighted by Gasteiger charge is -1.85. The summed E-state index contributed by atoms with van der Waals surface area (Å²) in [7, 11) is 0. The Morgan fingerprint density at radius 2 is 2.50 bits per heavy atom. The highest BCUT2D eigenvalue weighted by atomic mass is 16.2. The number of hydrogen-bond acceptors (Lipinski definition) is 3. The third-order valence-corrected chi connectivity index (χ3v) is 1.18. The lowest BCUT2D eigenvalue weighted by Crippen LogP contribution is -2.09. The zero-order valence-electron chi connectivity index (χ0n) is 6.37. The molecule has 0 saturated carbocycles. The fourth-order valence-electron chi connectivity index (χ4n) is 0.647. The number of hydrogen-bond donors (Lipinski definition) is 2. The van der Waals surface area contributed by atoms with Gasteiger partial charge < -0.3 is 10.1 Å². The summed E-state index contributed by atoms with van der Waals surface area (Å²) < 4.78 is 0. The van der Waals surface area contributed by atoms with Gasteiger partial charge in [-0.2, -0.15) is 0 Å². The molecule has 4 nitrogen and oxygen atoms in total. The monoisotopic (exact) mass is 164 g/mol. The minimum atomic E-state index is -0.254. The van der Waals surface area contributed by atoms with E-state index in [4.69, 9.17) is 5.11 Å². The van der Waals surface area contributed by atoms with Gasteiger partial charge >= 0.3 is 0 Å². The van der Waals surface area contributed by atoms with Crippen LogP contribution in [0.1, 0.15) is 12.0 Å². The molecular weight excluding hydrogens is 156 g/mol. The van der Waals surface area contributed by atoms with Crippen molar-refractivity contribution < 1.29 is 5.11 Å². The number of nitrogens with zero attached hydrogens (tertiary/aromatic N) is 1. The van der Waals surface area contributed by atoms with Gasteiger partial charge in [0.25, 0.3) is 5.56 Å². The molecule has 0 bridgehead atoms. The van der Waals surface area contributed by atoms with Gasteiger partial charge in [-0.15, -0.1) is 0 Å². The fourth-order valence-corrected chi connectivity index (χ4v) is 0.647. The molecule has 0 spiro atoms. The number of nitrogens with one attached hydrogen (secondary N) is 1.